The molecule has 0 bridgehead atoms. The first-order valence-electron chi connectivity index (χ1n) is 11.1. The third kappa shape index (κ3) is 4.93. The molecule has 8 nitrogen and oxygen atoms in total. The van der Waals surface area contributed by atoms with Gasteiger partial charge in [-0.2, -0.15) is 11.3 Å². The summed E-state index contributed by atoms with van der Waals surface area (Å²) in [5.74, 6) is 0.341. The number of amides is 2. The first kappa shape index (κ1) is 22.3. The SMILES string of the molecule is CC1CCN(c2ccc(C(=O)N3CCC(NC(=O)c4ccsc4)CC3)cc2[N+](=O)[O-])CC1. The van der Waals surface area contributed by atoms with Crippen molar-refractivity contribution in [3.8, 4) is 0 Å². The third-order valence-corrected chi connectivity index (χ3v) is 7.13. The summed E-state index contributed by atoms with van der Waals surface area (Å²) in [5, 5.41) is 18.4. The molecule has 0 spiro atoms. The summed E-state index contributed by atoms with van der Waals surface area (Å²) in [5.41, 5.74) is 1.58. The quantitative estimate of drug-likeness (QED) is 0.543. The highest BCUT2D eigenvalue weighted by Crippen LogP contribution is 2.33. The second kappa shape index (κ2) is 9.68. The number of nitro benzene ring substituents is 1. The number of hydrogen-bond acceptors (Lipinski definition) is 6. The Kier molecular flexibility index (Phi) is 6.74. The summed E-state index contributed by atoms with van der Waals surface area (Å²) < 4.78 is 0. The lowest BCUT2D eigenvalue weighted by Crippen LogP contribution is -2.46. The molecule has 2 aliphatic rings. The summed E-state index contributed by atoms with van der Waals surface area (Å²) in [6.07, 6.45) is 3.34. The van der Waals surface area contributed by atoms with Crippen LogP contribution < -0.4 is 10.2 Å². The number of piperidine rings is 2. The van der Waals surface area contributed by atoms with Gasteiger partial charge in [-0.05, 0) is 55.2 Å². The van der Waals surface area contributed by atoms with Gasteiger partial charge in [0.15, 0.2) is 0 Å². The van der Waals surface area contributed by atoms with E-state index in [1.54, 1.807) is 23.1 Å². The number of nitro groups is 1. The summed E-state index contributed by atoms with van der Waals surface area (Å²) in [6.45, 7) is 4.80. The number of anilines is 1. The largest absolute Gasteiger partial charge is 0.366 e. The highest BCUT2D eigenvalue weighted by Gasteiger charge is 2.28. The lowest BCUT2D eigenvalue weighted by molar-refractivity contribution is -0.384. The molecule has 0 unspecified atom stereocenters. The van der Waals surface area contributed by atoms with E-state index in [-0.39, 0.29) is 23.5 Å². The van der Waals surface area contributed by atoms with Gasteiger partial charge in [0.25, 0.3) is 17.5 Å². The van der Waals surface area contributed by atoms with Crippen molar-refractivity contribution in [3.05, 3.63) is 56.3 Å². The number of rotatable bonds is 5. The molecule has 1 aromatic carbocycles. The first-order valence-corrected chi connectivity index (χ1v) is 12.0. The Morgan fingerprint density at radius 2 is 1.78 bits per heavy atom. The lowest BCUT2D eigenvalue weighted by atomic mass is 9.98. The topological polar surface area (TPSA) is 95.8 Å². The van der Waals surface area contributed by atoms with Gasteiger partial charge in [0.2, 0.25) is 0 Å². The molecule has 4 rings (SSSR count). The highest BCUT2D eigenvalue weighted by atomic mass is 32.1. The molecular formula is C23H28N4O4S. The molecule has 0 saturated carbocycles. The van der Waals surface area contributed by atoms with Gasteiger partial charge in [0.1, 0.15) is 5.69 Å². The number of benzene rings is 1. The minimum absolute atomic E-state index is 0.0108. The van der Waals surface area contributed by atoms with Crippen LogP contribution in [0.4, 0.5) is 11.4 Å². The van der Waals surface area contributed by atoms with Gasteiger partial charge in [-0.1, -0.05) is 6.92 Å². The van der Waals surface area contributed by atoms with E-state index in [0.29, 0.717) is 48.7 Å². The average Bonchev–Trinajstić information content (AvgIpc) is 3.34. The molecule has 0 atom stereocenters. The Hall–Kier alpha value is -2.94. The van der Waals surface area contributed by atoms with Gasteiger partial charge >= 0.3 is 0 Å². The Morgan fingerprint density at radius 3 is 2.41 bits per heavy atom. The molecule has 9 heteroatoms. The number of carbonyl (C=O) groups excluding carboxylic acids is 2. The Balaban J connectivity index is 1.39. The van der Waals surface area contributed by atoms with Crippen LogP contribution in [0.5, 0.6) is 0 Å². The zero-order valence-corrected chi connectivity index (χ0v) is 19.0. The van der Waals surface area contributed by atoms with Crippen molar-refractivity contribution in [1.29, 1.82) is 0 Å². The number of nitrogens with zero attached hydrogens (tertiary/aromatic N) is 3. The van der Waals surface area contributed by atoms with Crippen molar-refractivity contribution in [1.82, 2.24) is 10.2 Å². The zero-order valence-electron chi connectivity index (χ0n) is 18.2. The molecule has 2 saturated heterocycles. The van der Waals surface area contributed by atoms with Gasteiger partial charge in [-0.15, -0.1) is 0 Å². The molecule has 3 heterocycles. The van der Waals surface area contributed by atoms with Crippen molar-refractivity contribution in [2.45, 2.75) is 38.6 Å². The van der Waals surface area contributed by atoms with E-state index in [4.69, 9.17) is 0 Å². The van der Waals surface area contributed by atoms with Gasteiger partial charge in [-0.3, -0.25) is 19.7 Å². The maximum Gasteiger partial charge on any atom is 0.293 e. The van der Waals surface area contributed by atoms with E-state index < -0.39 is 4.92 Å². The number of nitrogens with one attached hydrogen (secondary N) is 1. The van der Waals surface area contributed by atoms with Gasteiger partial charge < -0.3 is 15.1 Å². The third-order valence-electron chi connectivity index (χ3n) is 6.44. The van der Waals surface area contributed by atoms with E-state index in [1.807, 2.05) is 15.7 Å². The van der Waals surface area contributed by atoms with E-state index >= 15 is 0 Å². The van der Waals surface area contributed by atoms with Crippen molar-refractivity contribution < 1.29 is 14.5 Å². The Morgan fingerprint density at radius 1 is 1.06 bits per heavy atom. The Bertz CT molecular complexity index is 978. The lowest BCUT2D eigenvalue weighted by Gasteiger charge is -2.33. The smallest absolute Gasteiger partial charge is 0.293 e. The number of carbonyl (C=O) groups is 2. The van der Waals surface area contributed by atoms with Crippen molar-refractivity contribution in [3.63, 3.8) is 0 Å². The predicted molar refractivity (Wildman–Crippen MR) is 124 cm³/mol. The predicted octanol–water partition coefficient (Wildman–Crippen LogP) is 3.93. The number of likely N-dealkylation sites (tertiary alicyclic amines) is 1. The van der Waals surface area contributed by atoms with Crippen molar-refractivity contribution >= 4 is 34.5 Å². The summed E-state index contributed by atoms with van der Waals surface area (Å²) in [7, 11) is 0. The van der Waals surface area contributed by atoms with Crippen LogP contribution in [0.2, 0.25) is 0 Å². The molecule has 32 heavy (non-hydrogen) atoms. The molecular weight excluding hydrogens is 428 g/mol. The van der Waals surface area contributed by atoms with Crippen LogP contribution in [0, 0.1) is 16.0 Å². The molecule has 2 aromatic rings. The van der Waals surface area contributed by atoms with Crippen LogP contribution in [-0.4, -0.2) is 53.9 Å². The van der Waals surface area contributed by atoms with Crippen LogP contribution in [-0.2, 0) is 0 Å². The van der Waals surface area contributed by atoms with Gasteiger partial charge in [-0.25, -0.2) is 0 Å². The van der Waals surface area contributed by atoms with Crippen molar-refractivity contribution in [2.24, 2.45) is 5.92 Å². The van der Waals surface area contributed by atoms with Crippen LogP contribution in [0.1, 0.15) is 53.3 Å². The van der Waals surface area contributed by atoms with Gasteiger partial charge in [0.05, 0.1) is 4.92 Å². The first-order chi connectivity index (χ1) is 15.4. The standard InChI is InChI=1S/C23H28N4O4S/c1-16-4-9-25(10-5-16)20-3-2-17(14-21(20)27(30)31)23(29)26-11-6-19(7-12-26)24-22(28)18-8-13-32-15-18/h2-3,8,13-16,19H,4-7,9-12H2,1H3,(H,24,28). The minimum atomic E-state index is -0.393. The fourth-order valence-electron chi connectivity index (χ4n) is 4.39. The van der Waals surface area contributed by atoms with Crippen molar-refractivity contribution in [2.75, 3.05) is 31.1 Å². The number of hydrogen-bond donors (Lipinski definition) is 1. The maximum atomic E-state index is 13.0. The second-order valence-electron chi connectivity index (χ2n) is 8.68. The summed E-state index contributed by atoms with van der Waals surface area (Å²) >= 11 is 1.48. The molecule has 2 amide bonds. The summed E-state index contributed by atoms with van der Waals surface area (Å²) in [4.78, 5) is 40.4. The molecule has 2 fully saturated rings. The molecule has 170 valence electrons. The van der Waals surface area contributed by atoms with E-state index in [2.05, 4.69) is 12.2 Å². The highest BCUT2D eigenvalue weighted by molar-refractivity contribution is 7.08. The van der Waals surface area contributed by atoms with Crippen LogP contribution in [0.25, 0.3) is 0 Å². The van der Waals surface area contributed by atoms with Crippen LogP contribution in [0.3, 0.4) is 0 Å². The zero-order chi connectivity index (χ0) is 22.7. The molecule has 0 aliphatic carbocycles. The average molecular weight is 457 g/mol. The summed E-state index contributed by atoms with van der Waals surface area (Å²) in [6, 6.07) is 6.65. The maximum absolute atomic E-state index is 13.0. The number of thiophene rings is 1. The van der Waals surface area contributed by atoms with Gasteiger partial charge in [0, 0.05) is 54.8 Å². The van der Waals surface area contributed by atoms with Crippen LogP contribution in [0.15, 0.2) is 35.0 Å². The minimum Gasteiger partial charge on any atom is -0.366 e. The molecule has 1 aromatic heterocycles. The van der Waals surface area contributed by atoms with E-state index in [9.17, 15) is 19.7 Å². The van der Waals surface area contributed by atoms with E-state index in [0.717, 1.165) is 25.9 Å². The normalized spacial score (nSPS) is 17.9. The second-order valence-corrected chi connectivity index (χ2v) is 9.46. The van der Waals surface area contributed by atoms with Crippen LogP contribution >= 0.6 is 11.3 Å². The molecule has 1 N–H and O–H groups in total. The monoisotopic (exact) mass is 456 g/mol. The molecule has 0 radical (unpaired) electrons. The fraction of sp³-hybridized carbons (Fsp3) is 0.478. The molecule has 2 aliphatic heterocycles. The van der Waals surface area contributed by atoms with E-state index in [1.165, 1.54) is 17.4 Å². The fourth-order valence-corrected chi connectivity index (χ4v) is 5.03. The Labute approximate surface area is 191 Å².